The van der Waals surface area contributed by atoms with Crippen molar-refractivity contribution in [1.82, 2.24) is 15.4 Å². The van der Waals surface area contributed by atoms with Gasteiger partial charge in [-0.1, -0.05) is 48.5 Å². The number of hydrogen-bond donors (Lipinski definition) is 2. The van der Waals surface area contributed by atoms with Gasteiger partial charge >= 0.3 is 0 Å². The molecular weight excluding hydrogens is 356 g/mol. The van der Waals surface area contributed by atoms with Crippen molar-refractivity contribution in [3.05, 3.63) is 96.5 Å². The Morgan fingerprint density at radius 3 is 2.00 bits per heavy atom. The van der Waals surface area contributed by atoms with E-state index in [2.05, 4.69) is 44.7 Å². The maximum absolute atomic E-state index is 4.62. The van der Waals surface area contributed by atoms with E-state index in [0.717, 1.165) is 33.9 Å². The quantitative estimate of drug-likeness (QED) is 0.440. The highest BCUT2D eigenvalue weighted by Gasteiger charge is 2.09. The standard InChI is InChI=1S/C22H20N4.ClH/c1-17(16-22-23-20-14-8-9-15-21(20)24-22)25-26(18-10-4-2-5-11-18)19-12-6-3-7-13-19;/h2-16,25H,1H3,(H,23,24);1H/b17-16+;. The zero-order valence-corrected chi connectivity index (χ0v) is 15.8. The SMILES string of the molecule is C/C(=C\c1nc2ccccc2[nH]1)NN(c1ccccc1)c1ccccc1.Cl. The Balaban J connectivity index is 0.00000210. The molecule has 1 heterocycles. The molecule has 136 valence electrons. The van der Waals surface area contributed by atoms with E-state index in [-0.39, 0.29) is 12.4 Å². The average molecular weight is 377 g/mol. The number of para-hydroxylation sites is 4. The maximum Gasteiger partial charge on any atom is 0.132 e. The summed E-state index contributed by atoms with van der Waals surface area (Å²) in [7, 11) is 0. The summed E-state index contributed by atoms with van der Waals surface area (Å²) >= 11 is 0. The van der Waals surface area contributed by atoms with Crippen molar-refractivity contribution >= 4 is 40.9 Å². The number of anilines is 2. The van der Waals surface area contributed by atoms with Crippen molar-refractivity contribution in [3.8, 4) is 0 Å². The second-order valence-electron chi connectivity index (χ2n) is 6.08. The molecule has 0 aliphatic carbocycles. The molecule has 2 N–H and O–H groups in total. The number of halogens is 1. The number of imidazole rings is 1. The van der Waals surface area contributed by atoms with Gasteiger partial charge in [0, 0.05) is 11.8 Å². The summed E-state index contributed by atoms with van der Waals surface area (Å²) in [5, 5.41) is 2.06. The van der Waals surface area contributed by atoms with Crippen LogP contribution in [0.5, 0.6) is 0 Å². The lowest BCUT2D eigenvalue weighted by Crippen LogP contribution is -2.32. The van der Waals surface area contributed by atoms with Crippen LogP contribution in [0.2, 0.25) is 0 Å². The zero-order chi connectivity index (χ0) is 17.8. The van der Waals surface area contributed by atoms with E-state index in [4.69, 9.17) is 0 Å². The minimum Gasteiger partial charge on any atom is -0.338 e. The van der Waals surface area contributed by atoms with E-state index < -0.39 is 0 Å². The topological polar surface area (TPSA) is 44.0 Å². The molecule has 5 heteroatoms. The number of allylic oxidation sites excluding steroid dienone is 1. The predicted molar refractivity (Wildman–Crippen MR) is 115 cm³/mol. The number of nitrogens with zero attached hydrogens (tertiary/aromatic N) is 2. The predicted octanol–water partition coefficient (Wildman–Crippen LogP) is 5.69. The fourth-order valence-corrected chi connectivity index (χ4v) is 2.89. The second kappa shape index (κ2) is 8.43. The van der Waals surface area contributed by atoms with Crippen molar-refractivity contribution in [2.45, 2.75) is 6.92 Å². The van der Waals surface area contributed by atoms with Crippen LogP contribution in [0.15, 0.2) is 90.6 Å². The number of fused-ring (bicyclic) bond motifs is 1. The van der Waals surface area contributed by atoms with Gasteiger partial charge in [-0.3, -0.25) is 10.4 Å². The Hall–Kier alpha value is -3.24. The van der Waals surface area contributed by atoms with Crippen LogP contribution in [0, 0.1) is 0 Å². The van der Waals surface area contributed by atoms with Gasteiger partial charge in [0.15, 0.2) is 0 Å². The largest absolute Gasteiger partial charge is 0.338 e. The highest BCUT2D eigenvalue weighted by Crippen LogP contribution is 2.23. The summed E-state index contributed by atoms with van der Waals surface area (Å²) < 4.78 is 0. The molecule has 1 aromatic heterocycles. The Bertz CT molecular complexity index is 953. The van der Waals surface area contributed by atoms with Crippen LogP contribution >= 0.6 is 12.4 Å². The van der Waals surface area contributed by atoms with Crippen LogP contribution in [-0.4, -0.2) is 9.97 Å². The summed E-state index contributed by atoms with van der Waals surface area (Å²) in [6.07, 6.45) is 2.01. The van der Waals surface area contributed by atoms with Gasteiger partial charge in [-0.2, -0.15) is 0 Å². The second-order valence-corrected chi connectivity index (χ2v) is 6.08. The molecule has 4 nitrogen and oxygen atoms in total. The number of benzene rings is 3. The number of rotatable bonds is 5. The first-order valence-corrected chi connectivity index (χ1v) is 8.59. The van der Waals surface area contributed by atoms with Gasteiger partial charge in [0.05, 0.1) is 22.4 Å². The zero-order valence-electron chi connectivity index (χ0n) is 15.0. The molecule has 0 saturated carbocycles. The lowest BCUT2D eigenvalue weighted by atomic mass is 10.2. The van der Waals surface area contributed by atoms with Crippen LogP contribution in [0.1, 0.15) is 12.7 Å². The van der Waals surface area contributed by atoms with Gasteiger partial charge in [0.2, 0.25) is 0 Å². The van der Waals surface area contributed by atoms with E-state index >= 15 is 0 Å². The third-order valence-electron chi connectivity index (χ3n) is 4.08. The normalized spacial score (nSPS) is 11.1. The molecule has 0 aliphatic heterocycles. The lowest BCUT2D eigenvalue weighted by Gasteiger charge is -2.27. The molecule has 4 aromatic rings. The number of aromatic amines is 1. The number of aromatic nitrogens is 2. The molecule has 0 aliphatic rings. The van der Waals surface area contributed by atoms with Crippen molar-refractivity contribution in [1.29, 1.82) is 0 Å². The van der Waals surface area contributed by atoms with Crippen LogP contribution < -0.4 is 10.4 Å². The van der Waals surface area contributed by atoms with Crippen LogP contribution in [0.25, 0.3) is 17.1 Å². The number of H-pyrrole nitrogens is 1. The number of nitrogens with one attached hydrogen (secondary N) is 2. The molecule has 27 heavy (non-hydrogen) atoms. The number of hydrogen-bond acceptors (Lipinski definition) is 3. The molecule has 3 aromatic carbocycles. The van der Waals surface area contributed by atoms with Crippen LogP contribution in [0.4, 0.5) is 11.4 Å². The first-order valence-electron chi connectivity index (χ1n) is 8.59. The van der Waals surface area contributed by atoms with Crippen molar-refractivity contribution in [2.75, 3.05) is 5.01 Å². The molecule has 0 radical (unpaired) electrons. The van der Waals surface area contributed by atoms with Gasteiger partial charge in [-0.05, 0) is 43.3 Å². The summed E-state index contributed by atoms with van der Waals surface area (Å²) in [5.74, 6) is 0.831. The smallest absolute Gasteiger partial charge is 0.132 e. The Morgan fingerprint density at radius 2 is 1.41 bits per heavy atom. The van der Waals surface area contributed by atoms with Gasteiger partial charge in [-0.25, -0.2) is 4.98 Å². The Labute approximate surface area is 164 Å². The fraction of sp³-hybridized carbons (Fsp3) is 0.0455. The van der Waals surface area contributed by atoms with Gasteiger partial charge in [0.25, 0.3) is 0 Å². The third kappa shape index (κ3) is 4.30. The van der Waals surface area contributed by atoms with Crippen molar-refractivity contribution < 1.29 is 0 Å². The molecule has 0 amide bonds. The van der Waals surface area contributed by atoms with E-state index in [0.29, 0.717) is 0 Å². The average Bonchev–Trinajstić information content (AvgIpc) is 3.09. The van der Waals surface area contributed by atoms with Crippen LogP contribution in [-0.2, 0) is 0 Å². The molecule has 0 spiro atoms. The van der Waals surface area contributed by atoms with E-state index in [1.165, 1.54) is 0 Å². The molecule has 4 rings (SSSR count). The molecular formula is C22H21ClN4. The van der Waals surface area contributed by atoms with Gasteiger partial charge < -0.3 is 4.98 Å². The summed E-state index contributed by atoms with van der Waals surface area (Å²) in [5.41, 5.74) is 8.60. The van der Waals surface area contributed by atoms with Crippen molar-refractivity contribution in [3.63, 3.8) is 0 Å². The molecule has 0 unspecified atom stereocenters. The van der Waals surface area contributed by atoms with E-state index in [1.807, 2.05) is 73.7 Å². The molecule has 0 atom stereocenters. The lowest BCUT2D eigenvalue weighted by molar-refractivity contribution is 0.833. The van der Waals surface area contributed by atoms with Gasteiger partial charge in [-0.15, -0.1) is 12.4 Å². The number of hydrazine groups is 1. The minimum atomic E-state index is 0. The summed E-state index contributed by atoms with van der Waals surface area (Å²) in [6, 6.07) is 28.5. The monoisotopic (exact) mass is 376 g/mol. The van der Waals surface area contributed by atoms with Crippen LogP contribution in [0.3, 0.4) is 0 Å². The first kappa shape index (κ1) is 18.5. The molecule has 0 saturated heterocycles. The highest BCUT2D eigenvalue weighted by atomic mass is 35.5. The first-order chi connectivity index (χ1) is 12.8. The van der Waals surface area contributed by atoms with Crippen molar-refractivity contribution in [2.24, 2.45) is 0 Å². The maximum atomic E-state index is 4.62. The third-order valence-corrected chi connectivity index (χ3v) is 4.08. The summed E-state index contributed by atoms with van der Waals surface area (Å²) in [4.78, 5) is 7.95. The minimum absolute atomic E-state index is 0. The molecule has 0 fully saturated rings. The Morgan fingerprint density at radius 1 is 0.852 bits per heavy atom. The summed E-state index contributed by atoms with van der Waals surface area (Å²) in [6.45, 7) is 2.03. The van der Waals surface area contributed by atoms with E-state index in [1.54, 1.807) is 0 Å². The Kier molecular flexibility index (Phi) is 5.79. The van der Waals surface area contributed by atoms with Gasteiger partial charge in [0.1, 0.15) is 5.82 Å². The molecule has 0 bridgehead atoms. The fourth-order valence-electron chi connectivity index (χ4n) is 2.89. The van der Waals surface area contributed by atoms with E-state index in [9.17, 15) is 0 Å². The highest BCUT2D eigenvalue weighted by molar-refractivity contribution is 5.85.